The van der Waals surface area contributed by atoms with Crippen molar-refractivity contribution in [1.82, 2.24) is 0 Å². The number of nitro groups is 1. The quantitative estimate of drug-likeness (QED) is 0.104. The van der Waals surface area contributed by atoms with Gasteiger partial charge in [0.1, 0.15) is 18.6 Å². The highest BCUT2D eigenvalue weighted by Gasteiger charge is 2.56. The smallest absolute Gasteiger partial charge is 0.316 e. The van der Waals surface area contributed by atoms with Crippen LogP contribution in [0.1, 0.15) is 34.1 Å². The van der Waals surface area contributed by atoms with E-state index in [4.69, 9.17) is 37.6 Å². The molecule has 0 saturated carbocycles. The van der Waals surface area contributed by atoms with Gasteiger partial charge in [-0.05, 0) is 25.7 Å². The van der Waals surface area contributed by atoms with Crippen molar-refractivity contribution < 1.29 is 66.5 Å². The number of methoxy groups -OCH3 is 1. The molecule has 16 nitrogen and oxygen atoms in total. The average molecular weight is 620 g/mol. The van der Waals surface area contributed by atoms with Crippen LogP contribution in [0, 0.1) is 16.0 Å². The van der Waals surface area contributed by atoms with Crippen molar-refractivity contribution in [3.63, 3.8) is 0 Å². The summed E-state index contributed by atoms with van der Waals surface area (Å²) >= 11 is 0. The maximum Gasteiger partial charge on any atom is 0.316 e. The molecule has 0 aromatic rings. The molecule has 17 heteroatoms. The molecule has 0 spiro atoms. The first kappa shape index (κ1) is 34.6. The Morgan fingerprint density at radius 2 is 1.48 bits per heavy atom. The lowest BCUT2D eigenvalue weighted by molar-refractivity contribution is -0.544. The second-order valence-corrected chi connectivity index (χ2v) is 15.1. The van der Waals surface area contributed by atoms with E-state index >= 15 is 0 Å². The molecule has 42 heavy (non-hydrogen) atoms. The molecule has 0 N–H and O–H groups in total. The summed E-state index contributed by atoms with van der Waals surface area (Å²) < 4.78 is 43.9. The molecule has 0 aromatic carbocycles. The van der Waals surface area contributed by atoms with Crippen molar-refractivity contribution in [3.8, 4) is 0 Å². The van der Waals surface area contributed by atoms with E-state index in [2.05, 4.69) is 0 Å². The molecule has 0 radical (unpaired) electrons. The van der Waals surface area contributed by atoms with Crippen molar-refractivity contribution in [2.45, 2.75) is 96.6 Å². The molecule has 1 fully saturated rings. The van der Waals surface area contributed by atoms with Gasteiger partial charge in [0.25, 0.3) is 6.04 Å². The zero-order chi connectivity index (χ0) is 31.9. The first-order valence-corrected chi connectivity index (χ1v) is 16.4. The van der Waals surface area contributed by atoms with Crippen molar-refractivity contribution in [1.29, 1.82) is 0 Å². The molecule has 8 atom stereocenters. The van der Waals surface area contributed by atoms with Gasteiger partial charge >= 0.3 is 29.8 Å². The Labute approximate surface area is 243 Å². The van der Waals surface area contributed by atoms with Crippen LogP contribution >= 0.6 is 0 Å². The largest absolute Gasteiger partial charge is 0.547 e. The molecule has 1 heterocycles. The average Bonchev–Trinajstić information content (AvgIpc) is 2.83. The minimum atomic E-state index is -2.27. The molecule has 1 aliphatic heterocycles. The zero-order valence-electron chi connectivity index (χ0n) is 24.7. The second kappa shape index (κ2) is 14.5. The minimum absolute atomic E-state index is 0.138. The molecular weight excluding hydrogens is 582 g/mol. The summed E-state index contributed by atoms with van der Waals surface area (Å²) in [5.74, 6) is -5.24. The lowest BCUT2D eigenvalue weighted by atomic mass is 9.86. The van der Waals surface area contributed by atoms with Crippen LogP contribution in [0.4, 0.5) is 0 Å². The van der Waals surface area contributed by atoms with E-state index in [0.29, 0.717) is 0 Å². The van der Waals surface area contributed by atoms with Gasteiger partial charge in [-0.25, -0.2) is 0 Å². The van der Waals surface area contributed by atoms with Gasteiger partial charge in [0, 0.05) is 39.0 Å². The maximum absolute atomic E-state index is 12.7. The van der Waals surface area contributed by atoms with Crippen LogP contribution in [0.5, 0.6) is 0 Å². The van der Waals surface area contributed by atoms with Gasteiger partial charge < -0.3 is 37.6 Å². The van der Waals surface area contributed by atoms with Crippen LogP contribution < -0.4 is 0 Å². The molecule has 1 aliphatic carbocycles. The van der Waals surface area contributed by atoms with E-state index in [9.17, 15) is 34.1 Å². The van der Waals surface area contributed by atoms with E-state index in [-0.39, 0.29) is 12.2 Å². The lowest BCUT2D eigenvalue weighted by Gasteiger charge is -2.45. The van der Waals surface area contributed by atoms with Crippen molar-refractivity contribution in [2.75, 3.05) is 13.7 Å². The molecule has 2 rings (SSSR count). The predicted molar refractivity (Wildman–Crippen MR) is 140 cm³/mol. The molecule has 0 unspecified atom stereocenters. The molecule has 0 amide bonds. The Bertz CT molecular complexity index is 1090. The number of carbonyl (C=O) groups is 5. The van der Waals surface area contributed by atoms with Gasteiger partial charge in [-0.2, -0.15) is 0 Å². The fourth-order valence-electron chi connectivity index (χ4n) is 4.60. The van der Waals surface area contributed by atoms with Crippen molar-refractivity contribution >= 4 is 38.2 Å². The number of rotatable bonds is 11. The van der Waals surface area contributed by atoms with Gasteiger partial charge in [-0.1, -0.05) is 0 Å². The normalized spacial score (nSPS) is 29.3. The fraction of sp³-hybridized carbons (Fsp3) is 0.720. The number of esters is 5. The second-order valence-electron chi connectivity index (χ2n) is 10.6. The molecule has 1 saturated heterocycles. The van der Waals surface area contributed by atoms with Gasteiger partial charge in [0.15, 0.2) is 30.7 Å². The van der Waals surface area contributed by atoms with Crippen LogP contribution in [0.3, 0.4) is 0 Å². The highest BCUT2D eigenvalue weighted by Crippen LogP contribution is 2.36. The predicted octanol–water partition coefficient (Wildman–Crippen LogP) is 1.03. The number of nitrogens with zero attached hydrogens (tertiary/aromatic N) is 1. The summed E-state index contributed by atoms with van der Waals surface area (Å²) in [5, 5.41) is 12.3. The molecule has 236 valence electrons. The van der Waals surface area contributed by atoms with E-state index in [1.165, 1.54) is 6.08 Å². The fourth-order valence-corrected chi connectivity index (χ4v) is 5.54. The Balaban J connectivity index is 2.64. The SMILES string of the molecule is COC(=O)[C@H]1CC(O[Si](C)(C)C)=C[C@@H](O[C@@H]2O[C@H](COC(C)=O)[C@@H](OC(C)=O)[C@H](OC(C)=O)[C@H]2OC(C)=O)[C@@H]1[N+](=O)[O-]. The van der Waals surface area contributed by atoms with Crippen LogP contribution in [0.25, 0.3) is 0 Å². The zero-order valence-corrected chi connectivity index (χ0v) is 25.7. The van der Waals surface area contributed by atoms with Crippen LogP contribution in [-0.2, 0) is 61.6 Å². The Morgan fingerprint density at radius 3 is 1.95 bits per heavy atom. The van der Waals surface area contributed by atoms with E-state index in [1.54, 1.807) is 0 Å². The van der Waals surface area contributed by atoms with E-state index < -0.39 is 98.5 Å². The van der Waals surface area contributed by atoms with E-state index in [0.717, 1.165) is 34.8 Å². The molecule has 0 aromatic heterocycles. The van der Waals surface area contributed by atoms with Crippen molar-refractivity contribution in [2.24, 2.45) is 5.92 Å². The van der Waals surface area contributed by atoms with Crippen LogP contribution in [0.2, 0.25) is 19.6 Å². The topological polar surface area (TPSA) is 202 Å². The van der Waals surface area contributed by atoms with Gasteiger partial charge in [0.2, 0.25) is 8.32 Å². The maximum atomic E-state index is 12.7. The summed E-state index contributed by atoms with van der Waals surface area (Å²) in [4.78, 5) is 71.9. The standard InChI is InChI=1S/C25H37NO15Si/c1-12(27)35-11-19-21(36-13(2)28)22(37-14(3)29)23(38-15(4)30)25(40-19)39-18-10-16(41-42(6,7)8)9-17(24(31)34-5)20(18)26(32)33/h10,17-23,25H,9,11H2,1-8H3/t17-,18+,19+,20+,21+,22-,23+,25+/m0/s1. The first-order chi connectivity index (χ1) is 19.4. The lowest BCUT2D eigenvalue weighted by Crippen LogP contribution is -2.64. The van der Waals surface area contributed by atoms with Crippen LogP contribution in [0.15, 0.2) is 11.8 Å². The minimum Gasteiger partial charge on any atom is -0.547 e. The number of allylic oxidation sites excluding steroid dienone is 1. The van der Waals surface area contributed by atoms with Gasteiger partial charge in [0.05, 0.1) is 12.9 Å². The molecule has 0 bridgehead atoms. The molecular formula is C25H37NO15Si. The Morgan fingerprint density at radius 1 is 0.929 bits per heavy atom. The van der Waals surface area contributed by atoms with Gasteiger partial charge in [-0.15, -0.1) is 0 Å². The third-order valence-electron chi connectivity index (χ3n) is 5.94. The van der Waals surface area contributed by atoms with E-state index in [1.807, 2.05) is 19.6 Å². The summed E-state index contributed by atoms with van der Waals surface area (Å²) in [6, 6.07) is -1.70. The first-order valence-electron chi connectivity index (χ1n) is 13.0. The summed E-state index contributed by atoms with van der Waals surface area (Å²) in [7, 11) is -1.18. The van der Waals surface area contributed by atoms with Crippen molar-refractivity contribution in [3.05, 3.63) is 21.9 Å². The summed E-state index contributed by atoms with van der Waals surface area (Å²) in [6.45, 7) is 9.37. The highest BCUT2D eigenvalue weighted by molar-refractivity contribution is 6.70. The highest BCUT2D eigenvalue weighted by atomic mass is 28.4. The van der Waals surface area contributed by atoms with Crippen LogP contribution in [-0.4, -0.2) is 99.7 Å². The molecule has 2 aliphatic rings. The third-order valence-corrected chi connectivity index (χ3v) is 6.82. The number of carbonyl (C=O) groups excluding carboxylic acids is 5. The third kappa shape index (κ3) is 9.76. The Hall–Kier alpha value is -3.57. The summed E-state index contributed by atoms with van der Waals surface area (Å²) in [5.41, 5.74) is 0. The summed E-state index contributed by atoms with van der Waals surface area (Å²) in [6.07, 6.45) is -7.98. The Kier molecular flexibility index (Phi) is 12.0. The number of ether oxygens (including phenoxy) is 7. The monoisotopic (exact) mass is 619 g/mol. The number of hydrogen-bond donors (Lipinski definition) is 0. The van der Waals surface area contributed by atoms with Gasteiger partial charge in [-0.3, -0.25) is 34.1 Å². The number of hydrogen-bond acceptors (Lipinski definition) is 15.